The fourth-order valence-electron chi connectivity index (χ4n) is 4.17. The van der Waals surface area contributed by atoms with Crippen LogP contribution in [0.4, 0.5) is 11.4 Å². The number of rotatable bonds is 6. The molecule has 0 unspecified atom stereocenters. The first kappa shape index (κ1) is 21.6. The van der Waals surface area contributed by atoms with Crippen LogP contribution < -0.4 is 5.32 Å². The number of thiophene rings is 2. The SMILES string of the molecule is c1ccc(-c2ccc(-c3cccc(Nc4cccc(-c5ccc(-c6ccccc6)s5)c4)c3)s2)cc1. The molecule has 0 aliphatic rings. The minimum atomic E-state index is 1.09. The van der Waals surface area contributed by atoms with Gasteiger partial charge in [0, 0.05) is 30.9 Å². The van der Waals surface area contributed by atoms with Gasteiger partial charge in [-0.05, 0) is 70.8 Å². The summed E-state index contributed by atoms with van der Waals surface area (Å²) >= 11 is 3.66. The molecule has 6 aromatic rings. The molecule has 3 heteroatoms. The second-order valence-electron chi connectivity index (χ2n) is 8.35. The van der Waals surface area contributed by atoms with Gasteiger partial charge < -0.3 is 5.32 Å². The molecule has 2 aromatic heterocycles. The van der Waals surface area contributed by atoms with E-state index in [-0.39, 0.29) is 0 Å². The first-order valence-corrected chi connectivity index (χ1v) is 13.2. The quantitative estimate of drug-likeness (QED) is 0.247. The van der Waals surface area contributed by atoms with Crippen molar-refractivity contribution in [2.75, 3.05) is 5.32 Å². The summed E-state index contributed by atoms with van der Waals surface area (Å²) in [5, 5.41) is 3.61. The van der Waals surface area contributed by atoms with Gasteiger partial charge in [-0.2, -0.15) is 0 Å². The van der Waals surface area contributed by atoms with Gasteiger partial charge in [-0.15, -0.1) is 22.7 Å². The Balaban J connectivity index is 1.23. The third-order valence-electron chi connectivity index (χ3n) is 5.91. The second kappa shape index (κ2) is 9.75. The molecule has 168 valence electrons. The first-order chi connectivity index (χ1) is 17.3. The van der Waals surface area contributed by atoms with Crippen LogP contribution in [0.15, 0.2) is 133 Å². The van der Waals surface area contributed by atoms with Gasteiger partial charge in [0.1, 0.15) is 0 Å². The van der Waals surface area contributed by atoms with Gasteiger partial charge in [0.15, 0.2) is 0 Å². The number of nitrogens with one attached hydrogen (secondary N) is 1. The Bertz CT molecular complexity index is 1440. The van der Waals surface area contributed by atoms with E-state index in [1.54, 1.807) is 0 Å². The highest BCUT2D eigenvalue weighted by molar-refractivity contribution is 7.19. The van der Waals surface area contributed by atoms with Gasteiger partial charge in [0.05, 0.1) is 0 Å². The van der Waals surface area contributed by atoms with Crippen molar-refractivity contribution in [2.45, 2.75) is 0 Å². The molecule has 0 aliphatic carbocycles. The Kier molecular flexibility index (Phi) is 6.02. The van der Waals surface area contributed by atoms with E-state index >= 15 is 0 Å². The first-order valence-electron chi connectivity index (χ1n) is 11.6. The zero-order valence-corrected chi connectivity index (χ0v) is 20.7. The third kappa shape index (κ3) is 4.83. The van der Waals surface area contributed by atoms with E-state index in [1.165, 1.54) is 41.8 Å². The monoisotopic (exact) mass is 485 g/mol. The van der Waals surface area contributed by atoms with Gasteiger partial charge in [-0.3, -0.25) is 0 Å². The molecule has 0 bridgehead atoms. The Morgan fingerprint density at radius 1 is 0.343 bits per heavy atom. The molecule has 2 heterocycles. The Labute approximate surface area is 214 Å². The van der Waals surface area contributed by atoms with Crippen LogP contribution in [0.1, 0.15) is 0 Å². The summed E-state index contributed by atoms with van der Waals surface area (Å²) in [6, 6.07) is 47.3. The van der Waals surface area contributed by atoms with Crippen molar-refractivity contribution in [3.8, 4) is 41.8 Å². The molecule has 0 fully saturated rings. The maximum atomic E-state index is 3.61. The minimum Gasteiger partial charge on any atom is -0.355 e. The van der Waals surface area contributed by atoms with Gasteiger partial charge in [0.2, 0.25) is 0 Å². The van der Waals surface area contributed by atoms with E-state index in [4.69, 9.17) is 0 Å². The van der Waals surface area contributed by atoms with Crippen molar-refractivity contribution in [3.05, 3.63) is 133 Å². The molecule has 35 heavy (non-hydrogen) atoms. The lowest BCUT2D eigenvalue weighted by Gasteiger charge is -2.09. The highest BCUT2D eigenvalue weighted by atomic mass is 32.1. The van der Waals surface area contributed by atoms with Crippen LogP contribution in [-0.4, -0.2) is 0 Å². The van der Waals surface area contributed by atoms with Crippen molar-refractivity contribution in [3.63, 3.8) is 0 Å². The average Bonchev–Trinajstić information content (AvgIpc) is 3.61. The molecule has 1 N–H and O–H groups in total. The molecule has 0 saturated heterocycles. The highest BCUT2D eigenvalue weighted by Crippen LogP contribution is 2.37. The van der Waals surface area contributed by atoms with Crippen molar-refractivity contribution in [1.29, 1.82) is 0 Å². The van der Waals surface area contributed by atoms with Crippen molar-refractivity contribution < 1.29 is 0 Å². The molecule has 0 radical (unpaired) electrons. The van der Waals surface area contributed by atoms with Crippen molar-refractivity contribution >= 4 is 34.0 Å². The molecule has 0 amide bonds. The maximum Gasteiger partial charge on any atom is 0.0390 e. The number of hydrogen-bond acceptors (Lipinski definition) is 3. The van der Waals surface area contributed by atoms with E-state index in [0.717, 1.165) is 11.4 Å². The van der Waals surface area contributed by atoms with Crippen LogP contribution >= 0.6 is 22.7 Å². The minimum absolute atomic E-state index is 1.09. The second-order valence-corrected chi connectivity index (χ2v) is 10.5. The van der Waals surface area contributed by atoms with E-state index in [2.05, 4.69) is 139 Å². The third-order valence-corrected chi connectivity index (χ3v) is 8.28. The smallest absolute Gasteiger partial charge is 0.0390 e. The average molecular weight is 486 g/mol. The number of hydrogen-bond donors (Lipinski definition) is 1. The lowest BCUT2D eigenvalue weighted by Crippen LogP contribution is -1.90. The van der Waals surface area contributed by atoms with Crippen LogP contribution in [0.5, 0.6) is 0 Å². The summed E-state index contributed by atoms with van der Waals surface area (Å²) in [4.78, 5) is 5.12. The summed E-state index contributed by atoms with van der Waals surface area (Å²) in [6.45, 7) is 0. The largest absolute Gasteiger partial charge is 0.355 e. The van der Waals surface area contributed by atoms with E-state index in [9.17, 15) is 0 Å². The zero-order chi connectivity index (χ0) is 23.5. The van der Waals surface area contributed by atoms with E-state index in [1.807, 2.05) is 22.7 Å². The predicted octanol–water partition coefficient (Wildman–Crippen LogP) is 10.2. The van der Waals surface area contributed by atoms with Gasteiger partial charge in [-0.25, -0.2) is 0 Å². The lowest BCUT2D eigenvalue weighted by molar-refractivity contribution is 1.55. The van der Waals surface area contributed by atoms with Crippen LogP contribution in [0.2, 0.25) is 0 Å². The van der Waals surface area contributed by atoms with Crippen molar-refractivity contribution in [1.82, 2.24) is 0 Å². The molecule has 4 aromatic carbocycles. The fraction of sp³-hybridized carbons (Fsp3) is 0. The van der Waals surface area contributed by atoms with Crippen LogP contribution in [-0.2, 0) is 0 Å². The standard InChI is InChI=1S/C32H23NS2/c1-3-9-23(10-4-1)29-17-19-31(34-29)25-13-7-15-27(21-25)33-28-16-8-14-26(22-28)32-20-18-30(35-32)24-11-5-2-6-12-24/h1-22,33H. The fourth-order valence-corrected chi connectivity index (χ4v) is 6.18. The maximum absolute atomic E-state index is 3.61. The predicted molar refractivity (Wildman–Crippen MR) is 154 cm³/mol. The highest BCUT2D eigenvalue weighted by Gasteiger charge is 2.08. The number of anilines is 2. The summed E-state index contributed by atoms with van der Waals surface area (Å²) < 4.78 is 0. The number of benzene rings is 4. The van der Waals surface area contributed by atoms with E-state index < -0.39 is 0 Å². The molecule has 6 rings (SSSR count). The molecule has 0 aliphatic heterocycles. The molecule has 1 nitrogen and oxygen atoms in total. The van der Waals surface area contributed by atoms with Crippen LogP contribution in [0.25, 0.3) is 41.8 Å². The lowest BCUT2D eigenvalue weighted by atomic mass is 10.1. The molecule has 0 atom stereocenters. The Morgan fingerprint density at radius 2 is 0.714 bits per heavy atom. The summed E-state index contributed by atoms with van der Waals surface area (Å²) in [5.74, 6) is 0. The molecular formula is C32H23NS2. The summed E-state index contributed by atoms with van der Waals surface area (Å²) in [7, 11) is 0. The summed E-state index contributed by atoms with van der Waals surface area (Å²) in [6.07, 6.45) is 0. The van der Waals surface area contributed by atoms with Gasteiger partial charge in [0.25, 0.3) is 0 Å². The molecular weight excluding hydrogens is 462 g/mol. The Morgan fingerprint density at radius 3 is 1.14 bits per heavy atom. The normalized spacial score (nSPS) is 10.9. The Hall–Kier alpha value is -3.92. The van der Waals surface area contributed by atoms with Gasteiger partial charge in [-0.1, -0.05) is 84.9 Å². The van der Waals surface area contributed by atoms with E-state index in [0.29, 0.717) is 0 Å². The van der Waals surface area contributed by atoms with Gasteiger partial charge >= 0.3 is 0 Å². The van der Waals surface area contributed by atoms with Crippen molar-refractivity contribution in [2.24, 2.45) is 0 Å². The zero-order valence-electron chi connectivity index (χ0n) is 19.0. The van der Waals surface area contributed by atoms with Crippen LogP contribution in [0.3, 0.4) is 0 Å². The molecule has 0 saturated carbocycles. The summed E-state index contributed by atoms with van der Waals surface area (Å²) in [5.41, 5.74) is 7.15. The molecule has 0 spiro atoms. The van der Waals surface area contributed by atoms with Crippen LogP contribution in [0, 0.1) is 0 Å². The topological polar surface area (TPSA) is 12.0 Å².